The fourth-order valence-electron chi connectivity index (χ4n) is 1.36. The minimum absolute atomic E-state index is 0.142. The van der Waals surface area contributed by atoms with Crippen molar-refractivity contribution < 1.29 is 14.8 Å². The summed E-state index contributed by atoms with van der Waals surface area (Å²) in [5.41, 5.74) is 1.40. The maximum Gasteiger partial charge on any atom is 0.285 e. The Hall–Kier alpha value is -1.20. The summed E-state index contributed by atoms with van der Waals surface area (Å²) in [5, 5.41) is 9.82. The van der Waals surface area contributed by atoms with Crippen LogP contribution in [-0.2, 0) is 5.33 Å². The molecule has 0 atom stereocenters. The van der Waals surface area contributed by atoms with Crippen LogP contribution >= 0.6 is 15.9 Å². The van der Waals surface area contributed by atoms with Gasteiger partial charge in [0, 0.05) is 5.33 Å². The van der Waals surface area contributed by atoms with E-state index < -0.39 is 11.8 Å². The van der Waals surface area contributed by atoms with Crippen molar-refractivity contribution in [3.05, 3.63) is 34.9 Å². The van der Waals surface area contributed by atoms with Gasteiger partial charge < -0.3 is 0 Å². The van der Waals surface area contributed by atoms with Crippen LogP contribution in [0.5, 0.6) is 0 Å². The van der Waals surface area contributed by atoms with Gasteiger partial charge in [0.15, 0.2) is 0 Å². The molecule has 2 rings (SSSR count). The standard InChI is InChI=1S/C9H6BrNO3/c10-4-5-1-2-6-7(3-5)9(13)11(14)8(6)12/h1-3,14H,4H2. The van der Waals surface area contributed by atoms with E-state index in [0.717, 1.165) is 5.56 Å². The summed E-state index contributed by atoms with van der Waals surface area (Å²) in [4.78, 5) is 22.6. The predicted octanol–water partition coefficient (Wildman–Crippen LogP) is 1.57. The number of imide groups is 1. The summed E-state index contributed by atoms with van der Waals surface area (Å²) in [6, 6.07) is 4.88. The van der Waals surface area contributed by atoms with E-state index in [4.69, 9.17) is 5.21 Å². The van der Waals surface area contributed by atoms with Crippen molar-refractivity contribution in [3.8, 4) is 0 Å². The highest BCUT2D eigenvalue weighted by atomic mass is 79.9. The first kappa shape index (κ1) is 9.36. The highest BCUT2D eigenvalue weighted by Gasteiger charge is 2.34. The molecule has 5 heteroatoms. The highest BCUT2D eigenvalue weighted by molar-refractivity contribution is 9.08. The lowest BCUT2D eigenvalue weighted by atomic mass is 10.1. The van der Waals surface area contributed by atoms with Gasteiger partial charge in [-0.15, -0.1) is 5.06 Å². The van der Waals surface area contributed by atoms with E-state index in [2.05, 4.69) is 15.9 Å². The molecular weight excluding hydrogens is 250 g/mol. The summed E-state index contributed by atoms with van der Waals surface area (Å²) < 4.78 is 0. The molecule has 0 unspecified atom stereocenters. The summed E-state index contributed by atoms with van der Waals surface area (Å²) in [7, 11) is 0. The fourth-order valence-corrected chi connectivity index (χ4v) is 1.71. The van der Waals surface area contributed by atoms with E-state index in [1.54, 1.807) is 18.2 Å². The molecule has 2 amide bonds. The maximum atomic E-state index is 11.3. The first-order valence-corrected chi connectivity index (χ1v) is 5.04. The summed E-state index contributed by atoms with van der Waals surface area (Å²) in [5.74, 6) is -1.32. The van der Waals surface area contributed by atoms with Gasteiger partial charge in [-0.1, -0.05) is 22.0 Å². The number of hydroxylamine groups is 2. The Bertz CT molecular complexity index is 430. The van der Waals surface area contributed by atoms with Crippen LogP contribution in [0.1, 0.15) is 26.3 Å². The number of alkyl halides is 1. The molecule has 1 aromatic carbocycles. The third kappa shape index (κ3) is 1.17. The number of benzene rings is 1. The quantitative estimate of drug-likeness (QED) is 0.471. The van der Waals surface area contributed by atoms with Crippen LogP contribution < -0.4 is 0 Å². The molecule has 1 N–H and O–H groups in total. The van der Waals surface area contributed by atoms with Crippen molar-refractivity contribution in [2.24, 2.45) is 0 Å². The van der Waals surface area contributed by atoms with Crippen LogP contribution in [0.25, 0.3) is 0 Å². The van der Waals surface area contributed by atoms with E-state index in [-0.39, 0.29) is 16.2 Å². The Labute approximate surface area is 88.2 Å². The fraction of sp³-hybridized carbons (Fsp3) is 0.111. The minimum Gasteiger partial charge on any atom is -0.278 e. The van der Waals surface area contributed by atoms with E-state index in [1.165, 1.54) is 0 Å². The van der Waals surface area contributed by atoms with E-state index >= 15 is 0 Å². The van der Waals surface area contributed by atoms with Gasteiger partial charge >= 0.3 is 0 Å². The first-order valence-electron chi connectivity index (χ1n) is 3.91. The molecule has 14 heavy (non-hydrogen) atoms. The number of hydrogen-bond donors (Lipinski definition) is 1. The number of carbonyl (C=O) groups excluding carboxylic acids is 2. The molecule has 72 valence electrons. The van der Waals surface area contributed by atoms with Crippen LogP contribution in [0, 0.1) is 0 Å². The number of amides is 2. The Balaban J connectivity index is 2.59. The third-order valence-corrected chi connectivity index (χ3v) is 2.73. The van der Waals surface area contributed by atoms with E-state index in [0.29, 0.717) is 5.33 Å². The molecule has 1 heterocycles. The normalized spacial score (nSPS) is 14.9. The summed E-state index contributed by atoms with van der Waals surface area (Å²) in [6.07, 6.45) is 0. The molecule has 4 nitrogen and oxygen atoms in total. The van der Waals surface area contributed by atoms with Crippen molar-refractivity contribution in [3.63, 3.8) is 0 Å². The Morgan fingerprint density at radius 1 is 1.21 bits per heavy atom. The Kier molecular flexibility index (Phi) is 2.13. The average molecular weight is 256 g/mol. The molecule has 1 aromatic rings. The van der Waals surface area contributed by atoms with Gasteiger partial charge in [0.2, 0.25) is 0 Å². The van der Waals surface area contributed by atoms with Gasteiger partial charge in [-0.25, -0.2) is 0 Å². The topological polar surface area (TPSA) is 57.6 Å². The van der Waals surface area contributed by atoms with Crippen molar-refractivity contribution >= 4 is 27.7 Å². The molecule has 0 radical (unpaired) electrons. The third-order valence-electron chi connectivity index (χ3n) is 2.08. The lowest BCUT2D eigenvalue weighted by Crippen LogP contribution is -2.25. The van der Waals surface area contributed by atoms with Gasteiger partial charge in [-0.3, -0.25) is 14.8 Å². The number of halogens is 1. The van der Waals surface area contributed by atoms with Crippen molar-refractivity contribution in [1.29, 1.82) is 0 Å². The van der Waals surface area contributed by atoms with Crippen LogP contribution in [0.15, 0.2) is 18.2 Å². The molecule has 0 saturated heterocycles. The van der Waals surface area contributed by atoms with Crippen LogP contribution in [0.2, 0.25) is 0 Å². The molecular formula is C9H6BrNO3. The number of hydrogen-bond acceptors (Lipinski definition) is 3. The summed E-state index contributed by atoms with van der Waals surface area (Å²) in [6.45, 7) is 0. The Morgan fingerprint density at radius 2 is 1.86 bits per heavy atom. The lowest BCUT2D eigenvalue weighted by Gasteiger charge is -1.99. The summed E-state index contributed by atoms with van der Waals surface area (Å²) >= 11 is 3.24. The average Bonchev–Trinajstić information content (AvgIpc) is 2.44. The van der Waals surface area contributed by atoms with Crippen LogP contribution in [0.4, 0.5) is 0 Å². The Morgan fingerprint density at radius 3 is 2.50 bits per heavy atom. The van der Waals surface area contributed by atoms with Crippen LogP contribution in [-0.4, -0.2) is 22.1 Å². The molecule has 1 aliphatic rings. The first-order chi connectivity index (χ1) is 6.65. The van der Waals surface area contributed by atoms with Gasteiger partial charge in [0.05, 0.1) is 11.1 Å². The second-order valence-corrected chi connectivity index (χ2v) is 3.50. The van der Waals surface area contributed by atoms with Crippen molar-refractivity contribution in [2.45, 2.75) is 5.33 Å². The van der Waals surface area contributed by atoms with Gasteiger partial charge in [-0.05, 0) is 17.7 Å². The van der Waals surface area contributed by atoms with Gasteiger partial charge in [0.1, 0.15) is 0 Å². The molecule has 0 saturated carbocycles. The largest absolute Gasteiger partial charge is 0.285 e. The monoisotopic (exact) mass is 255 g/mol. The SMILES string of the molecule is O=C1c2ccc(CBr)cc2C(=O)N1O. The molecule has 0 spiro atoms. The molecule has 1 aliphatic heterocycles. The van der Waals surface area contributed by atoms with E-state index in [1.807, 2.05) is 0 Å². The second-order valence-electron chi connectivity index (χ2n) is 2.94. The molecule has 0 bridgehead atoms. The van der Waals surface area contributed by atoms with Crippen molar-refractivity contribution in [1.82, 2.24) is 5.06 Å². The maximum absolute atomic E-state index is 11.3. The zero-order valence-corrected chi connectivity index (χ0v) is 8.61. The highest BCUT2D eigenvalue weighted by Crippen LogP contribution is 2.23. The number of rotatable bonds is 1. The molecule has 0 fully saturated rings. The molecule has 0 aliphatic carbocycles. The minimum atomic E-state index is -0.661. The number of nitrogens with zero attached hydrogens (tertiary/aromatic N) is 1. The molecule has 0 aromatic heterocycles. The van der Waals surface area contributed by atoms with Gasteiger partial charge in [0.25, 0.3) is 11.8 Å². The van der Waals surface area contributed by atoms with E-state index in [9.17, 15) is 9.59 Å². The zero-order chi connectivity index (χ0) is 10.3. The van der Waals surface area contributed by atoms with Crippen molar-refractivity contribution in [2.75, 3.05) is 0 Å². The number of carbonyl (C=O) groups is 2. The second kappa shape index (κ2) is 3.18. The smallest absolute Gasteiger partial charge is 0.278 e. The lowest BCUT2D eigenvalue weighted by molar-refractivity contribution is -0.0327. The predicted molar refractivity (Wildman–Crippen MR) is 51.4 cm³/mol. The van der Waals surface area contributed by atoms with Crippen LogP contribution in [0.3, 0.4) is 0 Å². The zero-order valence-electron chi connectivity index (χ0n) is 7.03. The number of fused-ring (bicyclic) bond motifs is 1. The van der Waals surface area contributed by atoms with Gasteiger partial charge in [-0.2, -0.15) is 0 Å².